The van der Waals surface area contributed by atoms with Gasteiger partial charge in [0.1, 0.15) is 0 Å². The van der Waals surface area contributed by atoms with E-state index >= 15 is 0 Å². The summed E-state index contributed by atoms with van der Waals surface area (Å²) in [5, 5.41) is 4.54. The molecule has 3 rings (SSSR count). The molecule has 0 amide bonds. The van der Waals surface area contributed by atoms with Gasteiger partial charge >= 0.3 is 0 Å². The Hall–Kier alpha value is -1.76. The van der Waals surface area contributed by atoms with E-state index in [1.54, 1.807) is 13.2 Å². The molecular formula is C19H25Cl2N3O3. The molecule has 27 heavy (non-hydrogen) atoms. The Kier molecular flexibility index (Phi) is 7.53. The van der Waals surface area contributed by atoms with Crippen molar-refractivity contribution in [1.29, 1.82) is 0 Å². The fourth-order valence-corrected chi connectivity index (χ4v) is 3.36. The van der Waals surface area contributed by atoms with E-state index in [4.69, 9.17) is 31.3 Å². The van der Waals surface area contributed by atoms with Gasteiger partial charge in [0.25, 0.3) is 5.89 Å². The van der Waals surface area contributed by atoms with Crippen LogP contribution in [0.3, 0.4) is 0 Å². The van der Waals surface area contributed by atoms with Crippen LogP contribution in [0.4, 0.5) is 0 Å². The molecule has 0 unspecified atom stereocenters. The minimum absolute atomic E-state index is 0. The molecule has 0 spiro atoms. The molecule has 0 radical (unpaired) electrons. The molecule has 6 nitrogen and oxygen atoms in total. The van der Waals surface area contributed by atoms with Crippen LogP contribution >= 0.6 is 24.0 Å². The Morgan fingerprint density at radius 1 is 1.30 bits per heavy atom. The number of ether oxygens (including phenoxy) is 2. The summed E-state index contributed by atoms with van der Waals surface area (Å²) in [6.07, 6.45) is 8.45. The number of rotatable bonds is 7. The zero-order valence-electron chi connectivity index (χ0n) is 15.5. The van der Waals surface area contributed by atoms with Crippen LogP contribution in [0.5, 0.6) is 11.5 Å². The molecule has 1 saturated carbocycles. The van der Waals surface area contributed by atoms with Gasteiger partial charge in [-0.05, 0) is 43.0 Å². The smallest absolute Gasteiger partial charge is 0.250 e. The Balaban J connectivity index is 0.00000261. The number of methoxy groups -OCH3 is 1. The van der Waals surface area contributed by atoms with Crippen LogP contribution in [0.25, 0.3) is 12.2 Å². The summed E-state index contributed by atoms with van der Waals surface area (Å²) in [6.45, 7) is 2.62. The summed E-state index contributed by atoms with van der Waals surface area (Å²) in [5.74, 6) is 2.13. The zero-order chi connectivity index (χ0) is 18.6. The molecule has 1 fully saturated rings. The molecule has 2 aromatic rings. The molecule has 0 aliphatic heterocycles. The highest BCUT2D eigenvalue weighted by Crippen LogP contribution is 2.37. The standard InChI is InChI=1S/C19H24ClN3O3.ClH/c1-3-10-25-17-14(20)11-13(12-15(17)24-2)6-7-16-22-18(23-26-16)19(21)8-4-5-9-19;/h6-7,11-12H,3-5,8-10,21H2,1-2H3;1H/b7-6+;. The molecule has 1 aromatic carbocycles. The van der Waals surface area contributed by atoms with Gasteiger partial charge in [-0.2, -0.15) is 4.98 Å². The van der Waals surface area contributed by atoms with Gasteiger partial charge in [0.05, 0.1) is 24.3 Å². The van der Waals surface area contributed by atoms with Gasteiger partial charge in [-0.15, -0.1) is 12.4 Å². The summed E-state index contributed by atoms with van der Waals surface area (Å²) >= 11 is 6.33. The molecule has 1 heterocycles. The van der Waals surface area contributed by atoms with Gasteiger partial charge in [0.15, 0.2) is 17.3 Å². The zero-order valence-corrected chi connectivity index (χ0v) is 17.1. The summed E-state index contributed by atoms with van der Waals surface area (Å²) in [6, 6.07) is 3.66. The lowest BCUT2D eigenvalue weighted by Crippen LogP contribution is -2.34. The summed E-state index contributed by atoms with van der Waals surface area (Å²) in [5.41, 5.74) is 6.75. The van der Waals surface area contributed by atoms with Crippen molar-refractivity contribution in [3.8, 4) is 11.5 Å². The number of nitrogens with zero attached hydrogens (tertiary/aromatic N) is 2. The number of nitrogens with two attached hydrogens (primary N) is 1. The highest BCUT2D eigenvalue weighted by Gasteiger charge is 2.35. The number of hydrogen-bond donors (Lipinski definition) is 1. The molecule has 1 aliphatic carbocycles. The second kappa shape index (κ2) is 9.44. The number of benzene rings is 1. The third-order valence-corrected chi connectivity index (χ3v) is 4.78. The second-order valence-corrected chi connectivity index (χ2v) is 6.94. The maximum absolute atomic E-state index is 6.36. The van der Waals surface area contributed by atoms with Crippen molar-refractivity contribution in [2.75, 3.05) is 13.7 Å². The minimum Gasteiger partial charge on any atom is -0.493 e. The topological polar surface area (TPSA) is 83.4 Å². The second-order valence-electron chi connectivity index (χ2n) is 6.54. The van der Waals surface area contributed by atoms with Gasteiger partial charge < -0.3 is 19.7 Å². The summed E-state index contributed by atoms with van der Waals surface area (Å²) in [4.78, 5) is 4.42. The van der Waals surface area contributed by atoms with E-state index in [9.17, 15) is 0 Å². The minimum atomic E-state index is -0.458. The lowest BCUT2D eigenvalue weighted by atomic mass is 9.99. The van der Waals surface area contributed by atoms with E-state index in [0.29, 0.717) is 34.8 Å². The lowest BCUT2D eigenvalue weighted by Gasteiger charge is -2.17. The predicted octanol–water partition coefficient (Wildman–Crippen LogP) is 4.84. The first-order valence-electron chi connectivity index (χ1n) is 8.87. The largest absolute Gasteiger partial charge is 0.493 e. The first-order valence-corrected chi connectivity index (χ1v) is 9.25. The maximum atomic E-state index is 6.36. The highest BCUT2D eigenvalue weighted by molar-refractivity contribution is 6.32. The molecule has 2 N–H and O–H groups in total. The molecule has 148 valence electrons. The fraction of sp³-hybridized carbons (Fsp3) is 0.474. The van der Waals surface area contributed by atoms with Gasteiger partial charge in [0, 0.05) is 6.08 Å². The normalized spacial score (nSPS) is 15.7. The quantitative estimate of drug-likeness (QED) is 0.698. The van der Waals surface area contributed by atoms with Crippen molar-refractivity contribution < 1.29 is 14.0 Å². The van der Waals surface area contributed by atoms with E-state index in [0.717, 1.165) is 37.7 Å². The fourth-order valence-electron chi connectivity index (χ4n) is 3.08. The average molecular weight is 414 g/mol. The van der Waals surface area contributed by atoms with Crippen molar-refractivity contribution in [1.82, 2.24) is 10.1 Å². The molecule has 0 bridgehead atoms. The Bertz CT molecular complexity index is 787. The molecule has 0 saturated heterocycles. The Morgan fingerprint density at radius 2 is 2.04 bits per heavy atom. The maximum Gasteiger partial charge on any atom is 0.250 e. The van der Waals surface area contributed by atoms with Crippen molar-refractivity contribution in [2.24, 2.45) is 5.73 Å². The van der Waals surface area contributed by atoms with Gasteiger partial charge in [0.2, 0.25) is 0 Å². The van der Waals surface area contributed by atoms with Crippen LogP contribution in [0.15, 0.2) is 16.7 Å². The van der Waals surface area contributed by atoms with Gasteiger partial charge in [-0.3, -0.25) is 0 Å². The molecular weight excluding hydrogens is 389 g/mol. The molecule has 1 aliphatic rings. The van der Waals surface area contributed by atoms with Crippen LogP contribution in [-0.2, 0) is 5.54 Å². The molecule has 8 heteroatoms. The molecule has 1 aromatic heterocycles. The number of aromatic nitrogens is 2. The van der Waals surface area contributed by atoms with Crippen LogP contribution in [-0.4, -0.2) is 23.9 Å². The van der Waals surface area contributed by atoms with E-state index in [2.05, 4.69) is 10.1 Å². The van der Waals surface area contributed by atoms with Crippen LogP contribution in [0.2, 0.25) is 5.02 Å². The Labute approximate surface area is 170 Å². The summed E-state index contributed by atoms with van der Waals surface area (Å²) in [7, 11) is 1.59. The van der Waals surface area contributed by atoms with Crippen molar-refractivity contribution in [3.63, 3.8) is 0 Å². The van der Waals surface area contributed by atoms with E-state index < -0.39 is 5.54 Å². The van der Waals surface area contributed by atoms with Crippen LogP contribution in [0, 0.1) is 0 Å². The third kappa shape index (κ3) is 4.94. The van der Waals surface area contributed by atoms with Crippen LogP contribution < -0.4 is 15.2 Å². The SMILES string of the molecule is CCCOc1c(Cl)cc(/C=C/c2nc(C3(N)CCCC3)no2)cc1OC.Cl. The number of hydrogen-bond acceptors (Lipinski definition) is 6. The lowest BCUT2D eigenvalue weighted by molar-refractivity contribution is 0.294. The van der Waals surface area contributed by atoms with Crippen molar-refractivity contribution in [2.45, 2.75) is 44.6 Å². The first kappa shape index (κ1) is 21.5. The van der Waals surface area contributed by atoms with Crippen LogP contribution in [0.1, 0.15) is 56.3 Å². The monoisotopic (exact) mass is 413 g/mol. The Morgan fingerprint density at radius 3 is 2.70 bits per heavy atom. The number of halogens is 2. The van der Waals surface area contributed by atoms with Gasteiger partial charge in [-0.1, -0.05) is 36.5 Å². The van der Waals surface area contributed by atoms with E-state index in [-0.39, 0.29) is 12.4 Å². The van der Waals surface area contributed by atoms with Crippen molar-refractivity contribution >= 4 is 36.2 Å². The summed E-state index contributed by atoms with van der Waals surface area (Å²) < 4.78 is 16.4. The van der Waals surface area contributed by atoms with Gasteiger partial charge in [-0.25, -0.2) is 0 Å². The van der Waals surface area contributed by atoms with Crippen molar-refractivity contribution in [3.05, 3.63) is 34.4 Å². The molecule has 0 atom stereocenters. The third-order valence-electron chi connectivity index (χ3n) is 4.50. The predicted molar refractivity (Wildman–Crippen MR) is 109 cm³/mol. The first-order chi connectivity index (χ1) is 12.6. The van der Waals surface area contributed by atoms with E-state index in [1.807, 2.05) is 25.1 Å². The average Bonchev–Trinajstić information content (AvgIpc) is 3.28. The highest BCUT2D eigenvalue weighted by atomic mass is 35.5. The van der Waals surface area contributed by atoms with E-state index in [1.165, 1.54) is 0 Å².